The molecule has 3 nitrogen and oxygen atoms in total. The third-order valence-corrected chi connectivity index (χ3v) is 3.91. The van der Waals surface area contributed by atoms with Crippen LogP contribution >= 0.6 is 23.4 Å². The maximum atomic E-state index is 10.2. The molecule has 0 aliphatic carbocycles. The Bertz CT molecular complexity index is 371. The van der Waals surface area contributed by atoms with Gasteiger partial charge in [-0.05, 0) is 13.8 Å². The normalized spacial score (nSPS) is 14.4. The molecule has 1 aromatic rings. The van der Waals surface area contributed by atoms with Crippen molar-refractivity contribution in [2.45, 2.75) is 51.5 Å². The number of hydrogen-bond donors (Lipinski definition) is 1. The highest BCUT2D eigenvalue weighted by molar-refractivity contribution is 8.00. The molecule has 1 heterocycles. The summed E-state index contributed by atoms with van der Waals surface area (Å²) in [6.07, 6.45) is 1.03. The molecule has 1 atom stereocenters. The van der Waals surface area contributed by atoms with Crippen molar-refractivity contribution in [3.8, 4) is 0 Å². The van der Waals surface area contributed by atoms with Gasteiger partial charge in [0.25, 0.3) is 0 Å². The highest BCUT2D eigenvalue weighted by Gasteiger charge is 2.22. The quantitative estimate of drug-likeness (QED) is 0.912. The van der Waals surface area contributed by atoms with Crippen LogP contribution in [0.5, 0.6) is 0 Å². The third-order valence-electron chi connectivity index (χ3n) is 2.27. The van der Waals surface area contributed by atoms with Gasteiger partial charge in [-0.3, -0.25) is 4.68 Å². The summed E-state index contributed by atoms with van der Waals surface area (Å²) in [7, 11) is 0. The van der Waals surface area contributed by atoms with E-state index in [1.807, 2.05) is 13.8 Å². The molecule has 0 bridgehead atoms. The van der Waals surface area contributed by atoms with Crippen LogP contribution in [0.3, 0.4) is 0 Å². The zero-order valence-corrected chi connectivity index (χ0v) is 12.6. The predicted molar refractivity (Wildman–Crippen MR) is 74.8 cm³/mol. The summed E-state index contributed by atoms with van der Waals surface area (Å²) in [5.74, 6) is 0.627. The first-order valence-electron chi connectivity index (χ1n) is 5.77. The van der Waals surface area contributed by atoms with E-state index in [2.05, 4.69) is 25.9 Å². The predicted octanol–water partition coefficient (Wildman–Crippen LogP) is 3.68. The van der Waals surface area contributed by atoms with Gasteiger partial charge in [0.1, 0.15) is 6.10 Å². The minimum atomic E-state index is -0.573. The van der Waals surface area contributed by atoms with Crippen molar-refractivity contribution in [1.29, 1.82) is 0 Å². The van der Waals surface area contributed by atoms with E-state index < -0.39 is 6.10 Å². The van der Waals surface area contributed by atoms with Crippen LogP contribution in [0.1, 0.15) is 52.5 Å². The average molecular weight is 277 g/mol. The fraction of sp³-hybridized carbons (Fsp3) is 0.750. The number of aliphatic hydroxyl groups is 1. The molecule has 1 unspecified atom stereocenters. The summed E-state index contributed by atoms with van der Waals surface area (Å²) in [5, 5.41) is 15.0. The van der Waals surface area contributed by atoms with Gasteiger partial charge in [0, 0.05) is 16.5 Å². The van der Waals surface area contributed by atoms with Crippen LogP contribution in [-0.2, 0) is 0 Å². The van der Waals surface area contributed by atoms with E-state index in [4.69, 9.17) is 11.6 Å². The SMILES string of the molecule is CC(C)n1ncc(Cl)c1C(O)CSC(C)(C)C. The van der Waals surface area contributed by atoms with Crippen LogP contribution in [0.15, 0.2) is 6.20 Å². The van der Waals surface area contributed by atoms with E-state index in [1.165, 1.54) is 0 Å². The van der Waals surface area contributed by atoms with Crippen LogP contribution < -0.4 is 0 Å². The van der Waals surface area contributed by atoms with E-state index in [9.17, 15) is 5.11 Å². The fourth-order valence-electron chi connectivity index (χ4n) is 1.48. The second-order valence-electron chi connectivity index (χ2n) is 5.36. The van der Waals surface area contributed by atoms with E-state index in [1.54, 1.807) is 22.6 Å². The molecule has 1 rings (SSSR count). The number of hydrogen-bond acceptors (Lipinski definition) is 3. The van der Waals surface area contributed by atoms with Crippen molar-refractivity contribution in [2.75, 3.05) is 5.75 Å². The van der Waals surface area contributed by atoms with Crippen molar-refractivity contribution < 1.29 is 5.11 Å². The topological polar surface area (TPSA) is 38.0 Å². The highest BCUT2D eigenvalue weighted by atomic mass is 35.5. The minimum absolute atomic E-state index is 0.135. The maximum absolute atomic E-state index is 10.2. The maximum Gasteiger partial charge on any atom is 0.106 e. The lowest BCUT2D eigenvalue weighted by atomic mass is 10.2. The number of rotatable bonds is 4. The second kappa shape index (κ2) is 5.63. The summed E-state index contributed by atoms with van der Waals surface area (Å²) in [5.41, 5.74) is 0.721. The summed E-state index contributed by atoms with van der Waals surface area (Å²) in [4.78, 5) is 0. The largest absolute Gasteiger partial charge is 0.386 e. The Labute approximate surface area is 113 Å². The second-order valence-corrected chi connectivity index (χ2v) is 7.61. The third kappa shape index (κ3) is 4.19. The van der Waals surface area contributed by atoms with Gasteiger partial charge >= 0.3 is 0 Å². The zero-order chi connectivity index (χ0) is 13.2. The number of aliphatic hydroxyl groups excluding tert-OH is 1. The zero-order valence-electron chi connectivity index (χ0n) is 11.1. The summed E-state index contributed by atoms with van der Waals surface area (Å²) in [6.45, 7) is 10.4. The lowest BCUT2D eigenvalue weighted by molar-refractivity contribution is 0.189. The number of halogens is 1. The minimum Gasteiger partial charge on any atom is -0.386 e. The Morgan fingerprint density at radius 1 is 1.47 bits per heavy atom. The summed E-state index contributed by atoms with van der Waals surface area (Å²) in [6, 6.07) is 0.201. The van der Waals surface area contributed by atoms with Crippen molar-refractivity contribution in [3.63, 3.8) is 0 Å². The first-order chi connectivity index (χ1) is 7.72. The molecule has 98 valence electrons. The fourth-order valence-corrected chi connectivity index (χ4v) is 2.55. The lowest BCUT2D eigenvalue weighted by Crippen LogP contribution is -2.16. The molecule has 1 aromatic heterocycles. The van der Waals surface area contributed by atoms with Crippen molar-refractivity contribution in [3.05, 3.63) is 16.9 Å². The molecule has 0 radical (unpaired) electrons. The van der Waals surface area contributed by atoms with Crippen molar-refractivity contribution in [1.82, 2.24) is 9.78 Å². The number of nitrogens with zero attached hydrogens (tertiary/aromatic N) is 2. The standard InChI is InChI=1S/C12H21ClN2OS/c1-8(2)15-11(9(13)6-14-15)10(16)7-17-12(3,4)5/h6,8,10,16H,7H2,1-5H3. The van der Waals surface area contributed by atoms with Crippen LogP contribution in [0.2, 0.25) is 5.02 Å². The van der Waals surface area contributed by atoms with Crippen LogP contribution in [0.4, 0.5) is 0 Å². The molecule has 0 saturated carbocycles. The number of aromatic nitrogens is 2. The molecule has 0 saturated heterocycles. The Kier molecular flexibility index (Phi) is 4.93. The van der Waals surface area contributed by atoms with Gasteiger partial charge in [0.2, 0.25) is 0 Å². The van der Waals surface area contributed by atoms with E-state index in [-0.39, 0.29) is 10.8 Å². The summed E-state index contributed by atoms with van der Waals surface area (Å²) >= 11 is 7.80. The first kappa shape index (κ1) is 14.9. The van der Waals surface area contributed by atoms with Gasteiger partial charge in [0.05, 0.1) is 16.9 Å². The number of thioether (sulfide) groups is 1. The van der Waals surface area contributed by atoms with Gasteiger partial charge in [0.15, 0.2) is 0 Å². The Morgan fingerprint density at radius 3 is 2.53 bits per heavy atom. The van der Waals surface area contributed by atoms with Crippen molar-refractivity contribution >= 4 is 23.4 Å². The van der Waals surface area contributed by atoms with Gasteiger partial charge in [-0.25, -0.2) is 0 Å². The first-order valence-corrected chi connectivity index (χ1v) is 7.13. The Hall–Kier alpha value is -0.190. The molecule has 0 aromatic carbocycles. The lowest BCUT2D eigenvalue weighted by Gasteiger charge is -2.21. The van der Waals surface area contributed by atoms with Gasteiger partial charge in [-0.2, -0.15) is 16.9 Å². The molecule has 0 aliphatic rings. The van der Waals surface area contributed by atoms with Crippen molar-refractivity contribution in [2.24, 2.45) is 0 Å². The monoisotopic (exact) mass is 276 g/mol. The molecule has 17 heavy (non-hydrogen) atoms. The average Bonchev–Trinajstić information content (AvgIpc) is 2.55. The highest BCUT2D eigenvalue weighted by Crippen LogP contribution is 2.32. The van der Waals surface area contributed by atoms with Crippen LogP contribution in [0, 0.1) is 0 Å². The van der Waals surface area contributed by atoms with Crippen LogP contribution in [-0.4, -0.2) is 25.4 Å². The Balaban J connectivity index is 2.81. The smallest absolute Gasteiger partial charge is 0.106 e. The van der Waals surface area contributed by atoms with Gasteiger partial charge < -0.3 is 5.11 Å². The molecule has 0 amide bonds. The molecular formula is C12H21ClN2OS. The van der Waals surface area contributed by atoms with Gasteiger partial charge in [-0.1, -0.05) is 32.4 Å². The molecule has 5 heteroatoms. The summed E-state index contributed by atoms with van der Waals surface area (Å²) < 4.78 is 1.92. The van der Waals surface area contributed by atoms with E-state index in [0.717, 1.165) is 5.69 Å². The van der Waals surface area contributed by atoms with Crippen LogP contribution in [0.25, 0.3) is 0 Å². The molecule has 0 aliphatic heterocycles. The molecule has 0 spiro atoms. The van der Waals surface area contributed by atoms with E-state index >= 15 is 0 Å². The molecule has 0 fully saturated rings. The van der Waals surface area contributed by atoms with Gasteiger partial charge in [-0.15, -0.1) is 0 Å². The van der Waals surface area contributed by atoms with E-state index in [0.29, 0.717) is 10.8 Å². The Morgan fingerprint density at radius 2 is 2.06 bits per heavy atom. The molecule has 1 N–H and O–H groups in total. The molecular weight excluding hydrogens is 256 g/mol.